The van der Waals surface area contributed by atoms with E-state index in [-0.39, 0.29) is 0 Å². The molecule has 4 nitrogen and oxygen atoms in total. The van der Waals surface area contributed by atoms with Crippen LogP contribution in [0.3, 0.4) is 0 Å². The summed E-state index contributed by atoms with van der Waals surface area (Å²) in [6, 6.07) is 74.0. The second kappa shape index (κ2) is 15.4. The molecule has 0 unspecified atom stereocenters. The van der Waals surface area contributed by atoms with Gasteiger partial charge in [-0.15, -0.1) is 0 Å². The van der Waals surface area contributed by atoms with E-state index in [1.807, 2.05) is 48.5 Å². The lowest BCUT2D eigenvalue weighted by Gasteiger charge is -2.33. The van der Waals surface area contributed by atoms with Crippen LogP contribution in [-0.2, 0) is 19.0 Å². The number of amidine groups is 2. The van der Waals surface area contributed by atoms with Gasteiger partial charge in [-0.1, -0.05) is 200 Å². The molecule has 0 atom stereocenters. The van der Waals surface area contributed by atoms with Crippen LogP contribution in [0, 0.1) is 0 Å². The predicted octanol–water partition coefficient (Wildman–Crippen LogP) is 11.7. The molecular weight excluding hydrogens is 693 g/mol. The number of aryl methyl sites for hydroxylation is 1. The molecule has 1 aliphatic rings. The Labute approximate surface area is 334 Å². The Morgan fingerprint density at radius 1 is 0.509 bits per heavy atom. The quantitative estimate of drug-likeness (QED) is 0.134. The highest BCUT2D eigenvalue weighted by atomic mass is 15.0. The number of hydrogen-bond donors (Lipinski definition) is 1. The summed E-state index contributed by atoms with van der Waals surface area (Å²) in [7, 11) is 2.12. The Morgan fingerprint density at radius 3 is 1.61 bits per heavy atom. The van der Waals surface area contributed by atoms with Crippen LogP contribution in [0.1, 0.15) is 38.9 Å². The number of para-hydroxylation sites is 2. The molecule has 0 saturated heterocycles. The molecule has 0 amide bonds. The molecule has 1 heterocycles. The molecule has 0 fully saturated rings. The first-order valence-corrected chi connectivity index (χ1v) is 19.4. The molecule has 4 heteroatoms. The minimum atomic E-state index is -0.492. The van der Waals surface area contributed by atoms with E-state index in [4.69, 9.17) is 15.7 Å². The van der Waals surface area contributed by atoms with E-state index in [1.165, 1.54) is 49.6 Å². The summed E-state index contributed by atoms with van der Waals surface area (Å²) in [5.74, 6) is 1.06. The largest absolute Gasteiger partial charge is 0.383 e. The van der Waals surface area contributed by atoms with E-state index in [0.29, 0.717) is 18.2 Å². The highest BCUT2D eigenvalue weighted by Crippen LogP contribution is 2.56. The zero-order valence-corrected chi connectivity index (χ0v) is 31.8. The molecule has 0 aliphatic heterocycles. The van der Waals surface area contributed by atoms with Crippen LogP contribution in [0.4, 0.5) is 0 Å². The van der Waals surface area contributed by atoms with E-state index in [9.17, 15) is 0 Å². The maximum absolute atomic E-state index is 6.97. The van der Waals surface area contributed by atoms with Gasteiger partial charge in [0.25, 0.3) is 0 Å². The standard InChI is InChI=1S/C40H31N3.C13H11N/c41-38(43-39(30-18-7-2-8-19-30)42-28-29-16-5-1-6-17-29)34-25-15-27-36-37(34)33-24-13-14-26-35(33)40(36,31-20-9-3-10-21-31)32-22-11-4-12-23-32;1-14-12-8-4-2-6-10(12)11-7-3-5-9-13(11)14/h1-27H,28H2,(H2,41,42,43);2-9H,1H3. The van der Waals surface area contributed by atoms with Crippen LogP contribution >= 0.6 is 0 Å². The molecule has 57 heavy (non-hydrogen) atoms. The summed E-state index contributed by atoms with van der Waals surface area (Å²) in [4.78, 5) is 9.96. The van der Waals surface area contributed by atoms with Crippen LogP contribution in [0.15, 0.2) is 222 Å². The molecule has 274 valence electrons. The van der Waals surface area contributed by atoms with Gasteiger partial charge in [-0.2, -0.15) is 0 Å². The zero-order chi connectivity index (χ0) is 38.6. The number of nitrogens with zero attached hydrogens (tertiary/aromatic N) is 3. The van der Waals surface area contributed by atoms with Gasteiger partial charge in [0, 0.05) is 40.0 Å². The first kappa shape index (κ1) is 35.4. The lowest BCUT2D eigenvalue weighted by Crippen LogP contribution is -2.28. The fraction of sp³-hybridized carbons (Fsp3) is 0.0566. The third-order valence-electron chi connectivity index (χ3n) is 11.1. The molecule has 0 radical (unpaired) electrons. The van der Waals surface area contributed by atoms with Gasteiger partial charge < -0.3 is 10.3 Å². The summed E-state index contributed by atoms with van der Waals surface area (Å²) in [5, 5.41) is 2.68. The molecule has 0 bridgehead atoms. The number of rotatable bonds is 6. The fourth-order valence-corrected chi connectivity index (χ4v) is 8.53. The Hall–Kier alpha value is -7.30. The average molecular weight is 735 g/mol. The van der Waals surface area contributed by atoms with Gasteiger partial charge in [0.1, 0.15) is 5.84 Å². The van der Waals surface area contributed by atoms with Gasteiger partial charge in [-0.3, -0.25) is 4.99 Å². The Kier molecular flexibility index (Phi) is 9.59. The fourth-order valence-electron chi connectivity index (χ4n) is 8.53. The van der Waals surface area contributed by atoms with Crippen molar-refractivity contribution in [2.45, 2.75) is 12.0 Å². The van der Waals surface area contributed by atoms with Crippen LogP contribution in [0.2, 0.25) is 0 Å². The molecule has 10 rings (SSSR count). The van der Waals surface area contributed by atoms with E-state index < -0.39 is 5.41 Å². The molecule has 2 N–H and O–H groups in total. The van der Waals surface area contributed by atoms with Crippen molar-refractivity contribution in [3.8, 4) is 11.1 Å². The zero-order valence-electron chi connectivity index (χ0n) is 31.8. The SMILES string of the molecule is Cn1c2ccccc2c2ccccc21.NC(=NC(=NCc1ccccc1)c1ccccc1)c1cccc2c1-c1ccccc1C2(c1ccccc1)c1ccccc1. The minimum Gasteiger partial charge on any atom is -0.383 e. The van der Waals surface area contributed by atoms with Crippen molar-refractivity contribution in [2.75, 3.05) is 0 Å². The van der Waals surface area contributed by atoms with Crippen molar-refractivity contribution in [3.63, 3.8) is 0 Å². The predicted molar refractivity (Wildman–Crippen MR) is 238 cm³/mol. The lowest BCUT2D eigenvalue weighted by atomic mass is 9.67. The van der Waals surface area contributed by atoms with E-state index in [0.717, 1.165) is 22.3 Å². The molecule has 0 spiro atoms. The highest BCUT2D eigenvalue weighted by Gasteiger charge is 2.46. The van der Waals surface area contributed by atoms with E-state index >= 15 is 0 Å². The van der Waals surface area contributed by atoms with Crippen molar-refractivity contribution in [1.82, 2.24) is 4.57 Å². The van der Waals surface area contributed by atoms with Gasteiger partial charge in [0.15, 0.2) is 5.84 Å². The van der Waals surface area contributed by atoms with Crippen LogP contribution in [-0.4, -0.2) is 16.2 Å². The Bertz CT molecular complexity index is 2780. The van der Waals surface area contributed by atoms with Gasteiger partial charge >= 0.3 is 0 Å². The maximum atomic E-state index is 6.97. The second-order valence-corrected chi connectivity index (χ2v) is 14.3. The maximum Gasteiger partial charge on any atom is 0.157 e. The topological polar surface area (TPSA) is 55.7 Å². The van der Waals surface area contributed by atoms with Gasteiger partial charge in [0.2, 0.25) is 0 Å². The third kappa shape index (κ3) is 6.41. The number of nitrogens with two attached hydrogens (primary N) is 1. The van der Waals surface area contributed by atoms with Gasteiger partial charge in [-0.05, 0) is 51.1 Å². The number of fused-ring (bicyclic) bond motifs is 6. The molecule has 8 aromatic carbocycles. The summed E-state index contributed by atoms with van der Waals surface area (Å²) < 4.78 is 2.24. The van der Waals surface area contributed by atoms with Crippen LogP contribution in [0.5, 0.6) is 0 Å². The first-order valence-electron chi connectivity index (χ1n) is 19.4. The van der Waals surface area contributed by atoms with Crippen molar-refractivity contribution < 1.29 is 0 Å². The number of hydrogen-bond acceptors (Lipinski definition) is 1. The van der Waals surface area contributed by atoms with Crippen molar-refractivity contribution in [1.29, 1.82) is 0 Å². The summed E-state index contributed by atoms with van der Waals surface area (Å²) in [6.07, 6.45) is 0. The summed E-state index contributed by atoms with van der Waals surface area (Å²) >= 11 is 0. The lowest BCUT2D eigenvalue weighted by molar-refractivity contribution is 0.768. The molecule has 1 aromatic heterocycles. The molecule has 1 aliphatic carbocycles. The smallest absolute Gasteiger partial charge is 0.157 e. The first-order chi connectivity index (χ1) is 28.1. The van der Waals surface area contributed by atoms with E-state index in [2.05, 4.69) is 175 Å². The van der Waals surface area contributed by atoms with Crippen LogP contribution in [0.25, 0.3) is 32.9 Å². The monoisotopic (exact) mass is 734 g/mol. The van der Waals surface area contributed by atoms with Crippen molar-refractivity contribution in [2.24, 2.45) is 22.8 Å². The third-order valence-corrected chi connectivity index (χ3v) is 11.1. The number of benzene rings is 8. The second-order valence-electron chi connectivity index (χ2n) is 14.3. The number of aromatic nitrogens is 1. The van der Waals surface area contributed by atoms with Gasteiger partial charge in [-0.25, -0.2) is 4.99 Å². The summed E-state index contributed by atoms with van der Waals surface area (Å²) in [5.41, 5.74) is 19.2. The minimum absolute atomic E-state index is 0.444. The van der Waals surface area contributed by atoms with Crippen molar-refractivity contribution in [3.05, 3.63) is 251 Å². The number of aliphatic imine (C=N–C) groups is 2. The molecule has 9 aromatic rings. The summed E-state index contributed by atoms with van der Waals surface area (Å²) in [6.45, 7) is 0.517. The van der Waals surface area contributed by atoms with Gasteiger partial charge in [0.05, 0.1) is 12.0 Å². The van der Waals surface area contributed by atoms with E-state index in [1.54, 1.807) is 0 Å². The average Bonchev–Trinajstić information content (AvgIpc) is 3.76. The molecule has 0 saturated carbocycles. The van der Waals surface area contributed by atoms with Crippen molar-refractivity contribution >= 4 is 33.5 Å². The Balaban J connectivity index is 0.000000252. The van der Waals surface area contributed by atoms with Crippen LogP contribution < -0.4 is 5.73 Å². The Morgan fingerprint density at radius 2 is 1.00 bits per heavy atom. The molecular formula is C53H42N4. The highest BCUT2D eigenvalue weighted by molar-refractivity contribution is 6.14. The normalized spacial score (nSPS) is 13.1.